The van der Waals surface area contributed by atoms with Gasteiger partial charge in [0.15, 0.2) is 0 Å². The van der Waals surface area contributed by atoms with Crippen molar-refractivity contribution < 1.29 is 27.5 Å². The average molecular weight is 587 g/mol. The van der Waals surface area contributed by atoms with E-state index in [1.54, 1.807) is 24.3 Å². The van der Waals surface area contributed by atoms with Crippen LogP contribution in [0.2, 0.25) is 5.02 Å². The Morgan fingerprint density at radius 2 is 1.92 bits per heavy atom. The van der Waals surface area contributed by atoms with E-state index in [1.165, 1.54) is 28.8 Å². The third kappa shape index (κ3) is 5.51. The first kappa shape index (κ1) is 28.3. The van der Waals surface area contributed by atoms with E-state index >= 15 is 0 Å². The Balaban J connectivity index is 0.00000336. The number of nitrogens with zero attached hydrogens (tertiary/aromatic N) is 3. The fourth-order valence-electron chi connectivity index (χ4n) is 4.65. The lowest BCUT2D eigenvalue weighted by molar-refractivity contribution is -0.138. The number of carbonyl (C=O) groups is 2. The number of rotatable bonds is 5. The first-order valence-electron chi connectivity index (χ1n) is 11.5. The number of carbonyl (C=O) groups excluding carboxylic acids is 2. The van der Waals surface area contributed by atoms with Crippen molar-refractivity contribution in [2.75, 3.05) is 20.2 Å². The summed E-state index contributed by atoms with van der Waals surface area (Å²) in [6.45, 7) is 1.36. The van der Waals surface area contributed by atoms with Crippen LogP contribution in [0.4, 0.5) is 18.0 Å². The number of thioether (sulfide) groups is 1. The molecular formula is C25H23Cl2F3N4O3S. The lowest BCUT2D eigenvalue weighted by atomic mass is 10.1. The summed E-state index contributed by atoms with van der Waals surface area (Å²) in [7, 11) is 1.42. The zero-order valence-electron chi connectivity index (χ0n) is 20.0. The predicted octanol–water partition coefficient (Wildman–Crippen LogP) is 5.98. The molecule has 2 amide bonds. The van der Waals surface area contributed by atoms with Gasteiger partial charge in [-0.3, -0.25) is 19.2 Å². The van der Waals surface area contributed by atoms with Crippen molar-refractivity contribution >= 4 is 63.9 Å². The van der Waals surface area contributed by atoms with Gasteiger partial charge in [-0.15, -0.1) is 17.5 Å². The minimum Gasteiger partial charge on any atom is -0.479 e. The molecule has 2 saturated heterocycles. The number of methoxy groups -OCH3 is 1. The van der Waals surface area contributed by atoms with Crippen LogP contribution in [0.3, 0.4) is 0 Å². The Hall–Kier alpha value is -2.73. The zero-order chi connectivity index (χ0) is 26.3. The maximum absolute atomic E-state index is 13.6. The van der Waals surface area contributed by atoms with Gasteiger partial charge in [-0.25, -0.2) is 0 Å². The van der Waals surface area contributed by atoms with E-state index in [1.807, 2.05) is 0 Å². The van der Waals surface area contributed by atoms with E-state index in [2.05, 4.69) is 10.4 Å². The number of ether oxygens (including phenoxy) is 1. The Morgan fingerprint density at radius 3 is 2.61 bits per heavy atom. The molecule has 0 radical (unpaired) electrons. The summed E-state index contributed by atoms with van der Waals surface area (Å²) in [5.41, 5.74) is 0.381. The second-order valence-electron chi connectivity index (χ2n) is 8.78. The Kier molecular flexibility index (Phi) is 8.32. The Bertz CT molecular complexity index is 1420. The van der Waals surface area contributed by atoms with Gasteiger partial charge in [-0.2, -0.15) is 13.2 Å². The molecule has 202 valence electrons. The summed E-state index contributed by atoms with van der Waals surface area (Å²) in [5, 5.41) is 7.86. The maximum atomic E-state index is 13.6. The van der Waals surface area contributed by atoms with E-state index in [4.69, 9.17) is 16.3 Å². The lowest BCUT2D eigenvalue weighted by Gasteiger charge is -2.29. The Labute approximate surface area is 231 Å². The number of benzene rings is 2. The van der Waals surface area contributed by atoms with Crippen LogP contribution >= 0.6 is 35.8 Å². The second-order valence-corrected chi connectivity index (χ2v) is 10.2. The van der Waals surface area contributed by atoms with Crippen molar-refractivity contribution in [3.63, 3.8) is 0 Å². The normalized spacial score (nSPS) is 17.9. The number of nitrogens with one attached hydrogen (secondary N) is 1. The van der Waals surface area contributed by atoms with Crippen molar-refractivity contribution in [2.24, 2.45) is 0 Å². The molecule has 0 spiro atoms. The number of halogens is 5. The second kappa shape index (κ2) is 11.2. The van der Waals surface area contributed by atoms with Gasteiger partial charge >= 0.3 is 6.18 Å². The third-order valence-electron chi connectivity index (χ3n) is 6.43. The Morgan fingerprint density at radius 1 is 1.18 bits per heavy atom. The van der Waals surface area contributed by atoms with Crippen molar-refractivity contribution in [3.05, 3.63) is 63.0 Å². The first-order valence-corrected chi connectivity index (χ1v) is 12.7. The molecule has 0 unspecified atom stereocenters. The van der Waals surface area contributed by atoms with Gasteiger partial charge in [0, 0.05) is 11.1 Å². The van der Waals surface area contributed by atoms with Crippen LogP contribution in [0.15, 0.2) is 41.3 Å². The van der Waals surface area contributed by atoms with Gasteiger partial charge in [0.2, 0.25) is 5.88 Å². The molecule has 3 aromatic rings. The molecule has 1 N–H and O–H groups in total. The van der Waals surface area contributed by atoms with Gasteiger partial charge in [0.05, 0.1) is 35.0 Å². The summed E-state index contributed by atoms with van der Waals surface area (Å²) < 4.78 is 47.6. The van der Waals surface area contributed by atoms with E-state index in [0.29, 0.717) is 21.4 Å². The highest BCUT2D eigenvalue weighted by molar-refractivity contribution is 8.18. The van der Waals surface area contributed by atoms with Crippen molar-refractivity contribution in [2.45, 2.75) is 31.6 Å². The third-order valence-corrected chi connectivity index (χ3v) is 7.55. The molecule has 5 rings (SSSR count). The number of imide groups is 1. The average Bonchev–Trinajstić information content (AvgIpc) is 3.35. The van der Waals surface area contributed by atoms with Crippen molar-refractivity contribution in [1.29, 1.82) is 0 Å². The fraction of sp³-hybridized carbons (Fsp3) is 0.320. The summed E-state index contributed by atoms with van der Waals surface area (Å²) in [5.74, 6) is -0.0809. The smallest absolute Gasteiger partial charge is 0.416 e. The van der Waals surface area contributed by atoms with Gasteiger partial charge in [0.25, 0.3) is 11.1 Å². The lowest BCUT2D eigenvalue weighted by Crippen LogP contribution is -2.45. The van der Waals surface area contributed by atoms with Crippen LogP contribution in [0.25, 0.3) is 17.0 Å². The number of hydrogen-bond donors (Lipinski definition) is 1. The molecule has 2 aromatic carbocycles. The number of aromatic nitrogens is 2. The monoisotopic (exact) mass is 586 g/mol. The predicted molar refractivity (Wildman–Crippen MR) is 143 cm³/mol. The molecule has 2 aliphatic rings. The summed E-state index contributed by atoms with van der Waals surface area (Å²) in [4.78, 5) is 27.3. The van der Waals surface area contributed by atoms with Gasteiger partial charge in [0.1, 0.15) is 0 Å². The zero-order valence-corrected chi connectivity index (χ0v) is 22.4. The molecule has 0 atom stereocenters. The first-order chi connectivity index (χ1) is 17.7. The molecule has 2 fully saturated rings. The number of hydrogen-bond acceptors (Lipinski definition) is 6. The minimum absolute atomic E-state index is 0. The molecule has 1 aromatic heterocycles. The molecule has 0 bridgehead atoms. The van der Waals surface area contributed by atoms with Gasteiger partial charge in [-0.05, 0) is 79.2 Å². The summed E-state index contributed by atoms with van der Waals surface area (Å²) in [6.07, 6.45) is -1.49. The van der Waals surface area contributed by atoms with Crippen LogP contribution < -0.4 is 10.1 Å². The molecule has 3 heterocycles. The topological polar surface area (TPSA) is 76.5 Å². The van der Waals surface area contributed by atoms with Crippen LogP contribution in [0, 0.1) is 0 Å². The standard InChI is InChI=1S/C25H22ClF3N4O3S.ClH/c1-36-22-18-10-14(11-21-23(34)33(24(35)37-21)17-6-8-30-9-7-17)2-5-20(18)32(31-22)13-15-3-4-16(26)12-19(15)25(27,28)29;/h2-5,10-12,17,30H,6-9,13H2,1H3;1H/b21-11-;. The van der Waals surface area contributed by atoms with Crippen molar-refractivity contribution in [3.8, 4) is 5.88 Å². The molecule has 13 heteroatoms. The SMILES string of the molecule is COc1nn(Cc2ccc(Cl)cc2C(F)(F)F)c2ccc(/C=C3\SC(=O)N(C4CCNCC4)C3=O)cc12.Cl. The van der Waals surface area contributed by atoms with Gasteiger partial charge in [-0.1, -0.05) is 23.7 Å². The molecular weight excluding hydrogens is 564 g/mol. The van der Waals surface area contributed by atoms with E-state index in [0.717, 1.165) is 43.8 Å². The minimum atomic E-state index is -4.57. The van der Waals surface area contributed by atoms with Crippen LogP contribution in [0.1, 0.15) is 29.5 Å². The maximum Gasteiger partial charge on any atom is 0.416 e. The van der Waals surface area contributed by atoms with Crippen molar-refractivity contribution in [1.82, 2.24) is 20.0 Å². The molecule has 0 saturated carbocycles. The molecule has 7 nitrogen and oxygen atoms in total. The highest BCUT2D eigenvalue weighted by Gasteiger charge is 2.40. The number of piperidine rings is 1. The van der Waals surface area contributed by atoms with E-state index < -0.39 is 11.7 Å². The quantitative estimate of drug-likeness (QED) is 0.371. The number of alkyl halides is 3. The largest absolute Gasteiger partial charge is 0.479 e. The number of amides is 2. The highest BCUT2D eigenvalue weighted by Crippen LogP contribution is 2.37. The number of fused-ring (bicyclic) bond motifs is 1. The molecule has 0 aliphatic carbocycles. The van der Waals surface area contributed by atoms with E-state index in [-0.39, 0.29) is 52.6 Å². The highest BCUT2D eigenvalue weighted by atomic mass is 35.5. The van der Waals surface area contributed by atoms with Crippen LogP contribution in [-0.2, 0) is 17.5 Å². The fourth-order valence-corrected chi connectivity index (χ4v) is 5.72. The molecule has 2 aliphatic heterocycles. The summed E-state index contributed by atoms with van der Waals surface area (Å²) >= 11 is 6.71. The van der Waals surface area contributed by atoms with Crippen LogP contribution in [-0.4, -0.2) is 52.1 Å². The van der Waals surface area contributed by atoms with Gasteiger partial charge < -0.3 is 10.1 Å². The summed E-state index contributed by atoms with van der Waals surface area (Å²) in [6, 6.07) is 8.69. The van der Waals surface area contributed by atoms with E-state index in [9.17, 15) is 22.8 Å². The molecule has 38 heavy (non-hydrogen) atoms. The van der Waals surface area contributed by atoms with Crippen LogP contribution in [0.5, 0.6) is 5.88 Å².